The largest absolute Gasteiger partial charge is 0.463 e. The van der Waals surface area contributed by atoms with Crippen LogP contribution in [-0.4, -0.2) is 45.8 Å². The summed E-state index contributed by atoms with van der Waals surface area (Å²) >= 11 is 0. The molecule has 1 atom stereocenters. The number of benzene rings is 1. The molecule has 0 spiro atoms. The molecule has 1 aromatic carbocycles. The zero-order valence-corrected chi connectivity index (χ0v) is 16.4. The first-order valence-corrected chi connectivity index (χ1v) is 10.0. The van der Waals surface area contributed by atoms with Crippen LogP contribution in [0.3, 0.4) is 0 Å². The summed E-state index contributed by atoms with van der Waals surface area (Å²) in [6.07, 6.45) is 4.65. The Labute approximate surface area is 165 Å². The van der Waals surface area contributed by atoms with Crippen molar-refractivity contribution in [2.75, 3.05) is 13.2 Å². The average Bonchev–Trinajstić information content (AvgIpc) is 3.42. The highest BCUT2D eigenvalue weighted by molar-refractivity contribution is 5.69. The maximum atomic E-state index is 13.5. The quantitative estimate of drug-likeness (QED) is 0.600. The number of hydrogen-bond donors (Lipinski definition) is 1. The van der Waals surface area contributed by atoms with E-state index in [4.69, 9.17) is 4.74 Å². The summed E-state index contributed by atoms with van der Waals surface area (Å²) in [6, 6.07) is 11.1. The Bertz CT molecular complexity index is 773. The van der Waals surface area contributed by atoms with E-state index in [0.717, 1.165) is 30.5 Å². The summed E-state index contributed by atoms with van der Waals surface area (Å²) in [5, 5.41) is 10.3. The van der Waals surface area contributed by atoms with Gasteiger partial charge in [0.15, 0.2) is 0 Å². The molecule has 5 nitrogen and oxygen atoms in total. The number of aliphatic hydroxyl groups is 1. The first-order chi connectivity index (χ1) is 13.5. The summed E-state index contributed by atoms with van der Waals surface area (Å²) in [5.74, 6) is -0.491. The molecule has 152 valence electrons. The predicted molar refractivity (Wildman–Crippen MR) is 105 cm³/mol. The first-order valence-electron chi connectivity index (χ1n) is 10.0. The molecule has 1 saturated carbocycles. The Morgan fingerprint density at radius 2 is 2.18 bits per heavy atom. The molecule has 0 saturated heterocycles. The lowest BCUT2D eigenvalue weighted by Crippen LogP contribution is -2.37. The van der Waals surface area contributed by atoms with Crippen LogP contribution in [0.4, 0.5) is 4.39 Å². The molecule has 6 heteroatoms. The molecule has 0 bridgehead atoms. The van der Waals surface area contributed by atoms with Gasteiger partial charge in [-0.1, -0.05) is 19.1 Å². The number of aliphatic hydroxyl groups excluding tert-OH is 1. The second-order valence-electron chi connectivity index (χ2n) is 7.50. The van der Waals surface area contributed by atoms with Gasteiger partial charge in [-0.2, -0.15) is 0 Å². The van der Waals surface area contributed by atoms with Crippen LogP contribution in [0.25, 0.3) is 0 Å². The van der Waals surface area contributed by atoms with Gasteiger partial charge in [0, 0.05) is 44.0 Å². The zero-order chi connectivity index (χ0) is 19.9. The number of ether oxygens (including phenoxy) is 1. The van der Waals surface area contributed by atoms with Crippen LogP contribution in [0.1, 0.15) is 43.9 Å². The fraction of sp³-hybridized carbons (Fsp3) is 0.500. The zero-order valence-electron chi connectivity index (χ0n) is 16.4. The summed E-state index contributed by atoms with van der Waals surface area (Å²) < 4.78 is 20.7. The molecule has 2 aromatic rings. The van der Waals surface area contributed by atoms with Gasteiger partial charge in [-0.25, -0.2) is 4.39 Å². The lowest BCUT2D eigenvalue weighted by molar-refractivity contribution is -0.147. The van der Waals surface area contributed by atoms with E-state index in [1.54, 1.807) is 12.1 Å². The number of aromatic nitrogens is 1. The molecule has 1 fully saturated rings. The fourth-order valence-corrected chi connectivity index (χ4v) is 3.36. The number of hydrogen-bond acceptors (Lipinski definition) is 4. The minimum Gasteiger partial charge on any atom is -0.463 e. The normalized spacial score (nSPS) is 15.0. The molecule has 3 rings (SSSR count). The van der Waals surface area contributed by atoms with Crippen LogP contribution in [0.2, 0.25) is 0 Å². The third kappa shape index (κ3) is 6.17. The van der Waals surface area contributed by atoms with Crippen LogP contribution in [-0.2, 0) is 22.6 Å². The fourth-order valence-electron chi connectivity index (χ4n) is 3.36. The Morgan fingerprint density at radius 1 is 1.36 bits per heavy atom. The number of carbonyl (C=O) groups excluding carboxylic acids is 1. The molecule has 0 unspecified atom stereocenters. The highest BCUT2D eigenvalue weighted by atomic mass is 19.1. The van der Waals surface area contributed by atoms with Crippen molar-refractivity contribution in [3.8, 4) is 0 Å². The summed E-state index contributed by atoms with van der Waals surface area (Å²) in [5.41, 5.74) is 2.03. The Balaban J connectivity index is 1.58. The Kier molecular flexibility index (Phi) is 7.23. The van der Waals surface area contributed by atoms with Gasteiger partial charge in [-0.3, -0.25) is 9.69 Å². The highest BCUT2D eigenvalue weighted by Crippen LogP contribution is 2.28. The minimum absolute atomic E-state index is 0.0341. The third-order valence-corrected chi connectivity index (χ3v) is 4.93. The van der Waals surface area contributed by atoms with E-state index in [9.17, 15) is 14.3 Å². The SMILES string of the molecule is CCCC(=O)OC[C@H](O)CN(Cc1cccn1Cc1cccc(F)c1)C1CC1. The molecule has 1 aromatic heterocycles. The van der Waals surface area contributed by atoms with E-state index >= 15 is 0 Å². The Morgan fingerprint density at radius 3 is 2.89 bits per heavy atom. The van der Waals surface area contributed by atoms with Gasteiger partial charge in [-0.15, -0.1) is 0 Å². The van der Waals surface area contributed by atoms with Gasteiger partial charge < -0.3 is 14.4 Å². The maximum absolute atomic E-state index is 13.5. The highest BCUT2D eigenvalue weighted by Gasteiger charge is 2.31. The monoisotopic (exact) mass is 388 g/mol. The molecule has 1 aliphatic carbocycles. The first kappa shape index (κ1) is 20.6. The maximum Gasteiger partial charge on any atom is 0.305 e. The topological polar surface area (TPSA) is 54.7 Å². The van der Waals surface area contributed by atoms with Gasteiger partial charge in [0.25, 0.3) is 0 Å². The predicted octanol–water partition coefficient (Wildman–Crippen LogP) is 3.34. The summed E-state index contributed by atoms with van der Waals surface area (Å²) in [7, 11) is 0. The van der Waals surface area contributed by atoms with Crippen LogP contribution in [0.15, 0.2) is 42.6 Å². The van der Waals surface area contributed by atoms with E-state index in [0.29, 0.717) is 32.1 Å². The van der Waals surface area contributed by atoms with Crippen molar-refractivity contribution < 1.29 is 19.0 Å². The van der Waals surface area contributed by atoms with Crippen LogP contribution in [0, 0.1) is 5.82 Å². The number of esters is 1. The smallest absolute Gasteiger partial charge is 0.305 e. The molecule has 0 aliphatic heterocycles. The van der Waals surface area contributed by atoms with E-state index in [1.165, 1.54) is 6.07 Å². The average molecular weight is 388 g/mol. The van der Waals surface area contributed by atoms with Gasteiger partial charge in [-0.05, 0) is 49.1 Å². The molecular formula is C22H29FN2O3. The third-order valence-electron chi connectivity index (χ3n) is 4.93. The van der Waals surface area contributed by atoms with E-state index in [-0.39, 0.29) is 18.4 Å². The van der Waals surface area contributed by atoms with Gasteiger partial charge in [0.1, 0.15) is 18.5 Å². The van der Waals surface area contributed by atoms with Crippen molar-refractivity contribution in [2.24, 2.45) is 0 Å². The molecule has 1 N–H and O–H groups in total. The van der Waals surface area contributed by atoms with Crippen LogP contribution < -0.4 is 0 Å². The van der Waals surface area contributed by atoms with Gasteiger partial charge >= 0.3 is 5.97 Å². The Hall–Kier alpha value is -2.18. The lowest BCUT2D eigenvalue weighted by Gasteiger charge is -2.25. The van der Waals surface area contributed by atoms with Crippen molar-refractivity contribution in [1.29, 1.82) is 0 Å². The summed E-state index contributed by atoms with van der Waals surface area (Å²) in [4.78, 5) is 13.7. The van der Waals surface area contributed by atoms with Crippen molar-refractivity contribution in [3.05, 3.63) is 59.7 Å². The number of carbonyl (C=O) groups is 1. The van der Waals surface area contributed by atoms with Crippen molar-refractivity contribution in [1.82, 2.24) is 9.47 Å². The van der Waals surface area contributed by atoms with Crippen molar-refractivity contribution in [2.45, 2.75) is 57.8 Å². The van der Waals surface area contributed by atoms with Crippen molar-refractivity contribution >= 4 is 5.97 Å². The number of nitrogens with zero attached hydrogens (tertiary/aromatic N) is 2. The molecule has 1 aliphatic rings. The molecular weight excluding hydrogens is 359 g/mol. The van der Waals surface area contributed by atoms with Crippen LogP contribution >= 0.6 is 0 Å². The van der Waals surface area contributed by atoms with Crippen LogP contribution in [0.5, 0.6) is 0 Å². The standard InChI is InChI=1S/C22H29FN2O3/c1-2-5-22(27)28-16-21(26)15-25(19-9-10-19)14-20-8-4-11-24(20)13-17-6-3-7-18(23)12-17/h3-4,6-8,11-12,19,21,26H,2,5,9-10,13-16H2,1H3/t21-/m1/s1. The summed E-state index contributed by atoms with van der Waals surface area (Å²) in [6.45, 7) is 3.73. The second-order valence-corrected chi connectivity index (χ2v) is 7.50. The molecule has 0 radical (unpaired) electrons. The number of rotatable bonds is 11. The van der Waals surface area contributed by atoms with Crippen molar-refractivity contribution in [3.63, 3.8) is 0 Å². The minimum atomic E-state index is -0.701. The van der Waals surface area contributed by atoms with Gasteiger partial charge in [0.2, 0.25) is 0 Å². The molecule has 28 heavy (non-hydrogen) atoms. The van der Waals surface area contributed by atoms with E-state index in [1.807, 2.05) is 25.3 Å². The molecule has 0 amide bonds. The van der Waals surface area contributed by atoms with Gasteiger partial charge in [0.05, 0.1) is 0 Å². The lowest BCUT2D eigenvalue weighted by atomic mass is 10.2. The van der Waals surface area contributed by atoms with E-state index in [2.05, 4.69) is 15.5 Å². The number of halogens is 1. The van der Waals surface area contributed by atoms with E-state index < -0.39 is 6.10 Å². The molecule has 1 heterocycles. The second kappa shape index (κ2) is 9.85.